The molecule has 0 aliphatic carbocycles. The highest BCUT2D eigenvalue weighted by atomic mass is 32.2. The van der Waals surface area contributed by atoms with E-state index < -0.39 is 10.0 Å². The van der Waals surface area contributed by atoms with Crippen LogP contribution in [0.4, 0.5) is 23.0 Å². The van der Waals surface area contributed by atoms with Crippen LogP contribution in [0, 0.1) is 5.92 Å². The maximum Gasteiger partial charge on any atom is 0.265 e. The summed E-state index contributed by atoms with van der Waals surface area (Å²) in [6.07, 6.45) is 0. The van der Waals surface area contributed by atoms with Crippen LogP contribution in [0.15, 0.2) is 71.6 Å². The molecule has 3 aromatic carbocycles. The molecule has 4 aromatic rings. The van der Waals surface area contributed by atoms with Crippen LogP contribution in [-0.2, 0) is 10.0 Å². The first-order valence-corrected chi connectivity index (χ1v) is 12.9. The summed E-state index contributed by atoms with van der Waals surface area (Å²) >= 11 is 0. The molecule has 9 nitrogen and oxygen atoms in total. The molecular weight excluding hydrogens is 478 g/mol. The molecule has 0 aliphatic rings. The van der Waals surface area contributed by atoms with Gasteiger partial charge in [-0.25, -0.2) is 18.4 Å². The third-order valence-electron chi connectivity index (χ3n) is 5.29. The van der Waals surface area contributed by atoms with Gasteiger partial charge >= 0.3 is 0 Å². The summed E-state index contributed by atoms with van der Waals surface area (Å²) in [6.45, 7) is 4.74. The maximum absolute atomic E-state index is 13.5. The molecule has 0 unspecified atom stereocenters. The Hall–Kier alpha value is -4.05. The number of aromatic nitrogens is 2. The summed E-state index contributed by atoms with van der Waals surface area (Å²) in [5.74, 6) is 1.78. The number of para-hydroxylation sites is 3. The van der Waals surface area contributed by atoms with Gasteiger partial charge in [-0.2, -0.15) is 0 Å². The monoisotopic (exact) mass is 507 g/mol. The molecule has 1 heterocycles. The van der Waals surface area contributed by atoms with Crippen LogP contribution < -0.4 is 24.8 Å². The lowest BCUT2D eigenvalue weighted by molar-refractivity contribution is 0.395. The summed E-state index contributed by atoms with van der Waals surface area (Å²) < 4.78 is 40.4. The van der Waals surface area contributed by atoms with Crippen LogP contribution in [0.3, 0.4) is 0 Å². The summed E-state index contributed by atoms with van der Waals surface area (Å²) in [6, 6.07) is 19.3. The van der Waals surface area contributed by atoms with Crippen molar-refractivity contribution in [3.8, 4) is 11.5 Å². The molecule has 0 spiro atoms. The van der Waals surface area contributed by atoms with E-state index in [4.69, 9.17) is 9.47 Å². The molecule has 188 valence electrons. The van der Waals surface area contributed by atoms with Crippen LogP contribution in [0.2, 0.25) is 0 Å². The van der Waals surface area contributed by atoms with Gasteiger partial charge in [0.2, 0.25) is 0 Å². The molecule has 0 bridgehead atoms. The topological polar surface area (TPSA) is 114 Å². The quantitative estimate of drug-likeness (QED) is 0.266. The number of anilines is 4. The number of hydrogen-bond donors (Lipinski definition) is 3. The Bertz CT molecular complexity index is 1450. The van der Waals surface area contributed by atoms with Crippen molar-refractivity contribution in [2.24, 2.45) is 5.92 Å². The van der Waals surface area contributed by atoms with Gasteiger partial charge < -0.3 is 20.1 Å². The average molecular weight is 508 g/mol. The number of methoxy groups -OCH3 is 2. The molecule has 0 saturated heterocycles. The molecule has 10 heteroatoms. The van der Waals surface area contributed by atoms with Crippen LogP contribution in [0.1, 0.15) is 13.8 Å². The van der Waals surface area contributed by atoms with Gasteiger partial charge in [0.1, 0.15) is 16.4 Å². The zero-order valence-electron chi connectivity index (χ0n) is 20.6. The van der Waals surface area contributed by atoms with Gasteiger partial charge in [0.25, 0.3) is 10.0 Å². The molecular formula is C26H29N5O4S. The Labute approximate surface area is 210 Å². The van der Waals surface area contributed by atoms with Crippen molar-refractivity contribution in [2.45, 2.75) is 18.7 Å². The molecule has 0 aliphatic heterocycles. The van der Waals surface area contributed by atoms with Crippen molar-refractivity contribution in [1.82, 2.24) is 9.97 Å². The highest BCUT2D eigenvalue weighted by Gasteiger charge is 2.22. The summed E-state index contributed by atoms with van der Waals surface area (Å²) in [5, 5.41) is 6.38. The largest absolute Gasteiger partial charge is 0.497 e. The lowest BCUT2D eigenvalue weighted by Gasteiger charge is -2.17. The van der Waals surface area contributed by atoms with Crippen molar-refractivity contribution in [3.05, 3.63) is 66.7 Å². The van der Waals surface area contributed by atoms with Crippen LogP contribution in [0.5, 0.6) is 11.5 Å². The molecule has 4 rings (SSSR count). The van der Waals surface area contributed by atoms with Crippen molar-refractivity contribution in [3.63, 3.8) is 0 Å². The first-order chi connectivity index (χ1) is 17.3. The second kappa shape index (κ2) is 10.7. The molecule has 3 N–H and O–H groups in total. The number of ether oxygens (including phenoxy) is 2. The Kier molecular flexibility index (Phi) is 7.44. The number of benzene rings is 3. The Morgan fingerprint density at radius 2 is 1.42 bits per heavy atom. The molecule has 0 atom stereocenters. The highest BCUT2D eigenvalue weighted by molar-refractivity contribution is 7.92. The second-order valence-electron chi connectivity index (χ2n) is 8.51. The number of nitrogens with zero attached hydrogens (tertiary/aromatic N) is 2. The molecule has 0 radical (unpaired) electrons. The predicted molar refractivity (Wildman–Crippen MR) is 143 cm³/mol. The van der Waals surface area contributed by atoms with E-state index in [1.165, 1.54) is 0 Å². The van der Waals surface area contributed by atoms with Gasteiger partial charge in [-0.05, 0) is 30.2 Å². The van der Waals surface area contributed by atoms with E-state index >= 15 is 0 Å². The van der Waals surface area contributed by atoms with Crippen molar-refractivity contribution in [2.75, 3.05) is 36.1 Å². The Morgan fingerprint density at radius 1 is 0.833 bits per heavy atom. The lowest BCUT2D eigenvalue weighted by Crippen LogP contribution is -2.18. The zero-order valence-corrected chi connectivity index (χ0v) is 21.4. The van der Waals surface area contributed by atoms with E-state index in [0.717, 1.165) is 0 Å². The molecule has 0 saturated carbocycles. The Morgan fingerprint density at radius 3 is 2.03 bits per heavy atom. The van der Waals surface area contributed by atoms with E-state index in [1.807, 2.05) is 18.2 Å². The first-order valence-electron chi connectivity index (χ1n) is 11.4. The first kappa shape index (κ1) is 25.1. The van der Waals surface area contributed by atoms with E-state index in [-0.39, 0.29) is 16.5 Å². The third kappa shape index (κ3) is 5.77. The molecule has 36 heavy (non-hydrogen) atoms. The highest BCUT2D eigenvalue weighted by Crippen LogP contribution is 2.32. The van der Waals surface area contributed by atoms with E-state index in [0.29, 0.717) is 46.4 Å². The summed E-state index contributed by atoms with van der Waals surface area (Å²) in [7, 11) is -0.897. The fourth-order valence-corrected chi connectivity index (χ4v) is 4.71. The molecule has 1 aromatic heterocycles. The van der Waals surface area contributed by atoms with Gasteiger partial charge in [0.15, 0.2) is 11.6 Å². The third-order valence-corrected chi connectivity index (χ3v) is 6.69. The molecule has 0 amide bonds. The van der Waals surface area contributed by atoms with Crippen LogP contribution in [-0.4, -0.2) is 39.2 Å². The summed E-state index contributed by atoms with van der Waals surface area (Å²) in [4.78, 5) is 9.34. The standard InChI is InChI=1S/C26H29N5O4S/c1-17(2)16-27-23-11-7-8-12-24(23)36(32,33)31-26-25(29-21-9-5-6-10-22(21)30-26)28-18-13-19(34-3)15-20(14-18)35-4/h5-15,17,27H,16H2,1-4H3,(H,28,29)(H,30,31). The maximum atomic E-state index is 13.5. The minimum Gasteiger partial charge on any atom is -0.497 e. The normalized spacial score (nSPS) is 11.4. The zero-order chi connectivity index (χ0) is 25.7. The number of rotatable bonds is 10. The van der Waals surface area contributed by atoms with Crippen molar-refractivity contribution in [1.29, 1.82) is 0 Å². The minimum atomic E-state index is -4.01. The number of fused-ring (bicyclic) bond motifs is 1. The van der Waals surface area contributed by atoms with Crippen LogP contribution in [0.25, 0.3) is 11.0 Å². The van der Waals surface area contributed by atoms with Gasteiger partial charge in [-0.15, -0.1) is 0 Å². The second-order valence-corrected chi connectivity index (χ2v) is 10.2. The number of sulfonamides is 1. The lowest BCUT2D eigenvalue weighted by atomic mass is 10.2. The van der Waals surface area contributed by atoms with E-state index in [1.54, 1.807) is 62.8 Å². The van der Waals surface area contributed by atoms with Gasteiger partial charge in [-0.3, -0.25) is 4.72 Å². The van der Waals surface area contributed by atoms with Gasteiger partial charge in [0, 0.05) is 30.4 Å². The number of nitrogens with one attached hydrogen (secondary N) is 3. The van der Waals surface area contributed by atoms with Gasteiger partial charge in [-0.1, -0.05) is 38.1 Å². The van der Waals surface area contributed by atoms with Crippen molar-refractivity contribution < 1.29 is 17.9 Å². The summed E-state index contributed by atoms with van der Waals surface area (Å²) in [5.41, 5.74) is 2.27. The van der Waals surface area contributed by atoms with E-state index in [2.05, 4.69) is 39.2 Å². The SMILES string of the molecule is COc1cc(Nc2nc3ccccc3nc2NS(=O)(=O)c2ccccc2NCC(C)C)cc(OC)c1. The fourth-order valence-electron chi connectivity index (χ4n) is 3.52. The van der Waals surface area contributed by atoms with Crippen molar-refractivity contribution >= 4 is 44.1 Å². The number of hydrogen-bond acceptors (Lipinski definition) is 8. The average Bonchev–Trinajstić information content (AvgIpc) is 2.87. The predicted octanol–water partition coefficient (Wildman–Crippen LogP) is 5.26. The van der Waals surface area contributed by atoms with Gasteiger partial charge in [0.05, 0.1) is 30.9 Å². The van der Waals surface area contributed by atoms with E-state index in [9.17, 15) is 8.42 Å². The fraction of sp³-hybridized carbons (Fsp3) is 0.231. The minimum absolute atomic E-state index is 0.0640. The Balaban J connectivity index is 1.76. The van der Waals surface area contributed by atoms with Crippen LogP contribution >= 0.6 is 0 Å². The molecule has 0 fully saturated rings. The smallest absolute Gasteiger partial charge is 0.265 e.